The molecule has 3 aliphatic heterocycles. The third kappa shape index (κ3) is 2.56. The zero-order valence-electron chi connectivity index (χ0n) is 15.0. The number of hydrogen-bond acceptors (Lipinski definition) is 8. The van der Waals surface area contributed by atoms with Crippen molar-refractivity contribution in [1.82, 2.24) is 10.1 Å². The first-order chi connectivity index (χ1) is 12.5. The molecule has 0 aromatic heterocycles. The second kappa shape index (κ2) is 6.38. The molecule has 4 aliphatic rings. The van der Waals surface area contributed by atoms with Crippen molar-refractivity contribution >= 4 is 23.5 Å². The van der Waals surface area contributed by atoms with Crippen LogP contribution in [0.3, 0.4) is 0 Å². The van der Waals surface area contributed by atoms with E-state index in [9.17, 15) is 9.59 Å². The second-order valence-corrected chi connectivity index (χ2v) is 6.77. The van der Waals surface area contributed by atoms with Crippen LogP contribution in [0.2, 0.25) is 0 Å². The molecule has 10 heteroatoms. The summed E-state index contributed by atoms with van der Waals surface area (Å²) in [5.41, 5.74) is -0.0486. The first-order valence-electron chi connectivity index (χ1n) is 8.69. The molecular weight excluding hydrogens is 344 g/mol. The molecule has 4 unspecified atom stereocenters. The maximum atomic E-state index is 12.6. The van der Waals surface area contributed by atoms with Crippen LogP contribution in [-0.2, 0) is 23.9 Å². The maximum absolute atomic E-state index is 12.6. The molecule has 10 nitrogen and oxygen atoms in total. The monoisotopic (exact) mass is 366 g/mol. The largest absolute Gasteiger partial charge is 0.380 e. The normalized spacial score (nSPS) is 35.9. The van der Waals surface area contributed by atoms with Gasteiger partial charge in [-0.2, -0.15) is 0 Å². The second-order valence-electron chi connectivity index (χ2n) is 6.77. The highest BCUT2D eigenvalue weighted by Crippen LogP contribution is 2.41. The molecule has 1 saturated carbocycles. The van der Waals surface area contributed by atoms with E-state index in [4.69, 9.17) is 19.1 Å². The summed E-state index contributed by atoms with van der Waals surface area (Å²) in [7, 11) is 3.86. The van der Waals surface area contributed by atoms with Crippen LogP contribution in [0.5, 0.6) is 0 Å². The number of urea groups is 1. The highest BCUT2D eigenvalue weighted by molar-refractivity contribution is 6.47. The molecule has 3 fully saturated rings. The molecule has 0 aromatic rings. The predicted molar refractivity (Wildman–Crippen MR) is 87.9 cm³/mol. The van der Waals surface area contributed by atoms with Crippen molar-refractivity contribution in [1.29, 1.82) is 0 Å². The number of imide groups is 1. The molecule has 4 rings (SSSR count). The van der Waals surface area contributed by atoms with Gasteiger partial charge in [0, 0.05) is 13.5 Å². The Morgan fingerprint density at radius 3 is 2.65 bits per heavy atom. The summed E-state index contributed by atoms with van der Waals surface area (Å²) in [6, 6.07) is -0.824. The number of epoxide rings is 1. The Balaban J connectivity index is 1.54. The Bertz CT molecular complexity index is 694. The molecule has 2 saturated heterocycles. The zero-order valence-corrected chi connectivity index (χ0v) is 15.0. The van der Waals surface area contributed by atoms with Crippen molar-refractivity contribution in [2.24, 2.45) is 15.9 Å². The van der Waals surface area contributed by atoms with Gasteiger partial charge < -0.3 is 9.47 Å². The average Bonchev–Trinajstić information content (AvgIpc) is 3.32. The van der Waals surface area contributed by atoms with Gasteiger partial charge in [-0.15, -0.1) is 10.1 Å². The third-order valence-electron chi connectivity index (χ3n) is 5.38. The van der Waals surface area contributed by atoms with Crippen LogP contribution >= 0.6 is 0 Å². The topological polar surface area (TPSA) is 106 Å². The SMILES string of the molecule is CON1C(=O)C2=NC(CCC3CCC4OC4C3)=NC2(OC)N(OC)C1=O. The van der Waals surface area contributed by atoms with E-state index < -0.39 is 17.8 Å². The minimum Gasteiger partial charge on any atom is -0.370 e. The lowest BCUT2D eigenvalue weighted by atomic mass is 9.86. The lowest BCUT2D eigenvalue weighted by Gasteiger charge is -2.40. The van der Waals surface area contributed by atoms with Crippen molar-refractivity contribution in [2.75, 3.05) is 21.3 Å². The summed E-state index contributed by atoms with van der Waals surface area (Å²) in [6.45, 7) is 0. The minimum atomic E-state index is -1.70. The lowest BCUT2D eigenvalue weighted by Crippen LogP contribution is -2.68. The van der Waals surface area contributed by atoms with Crippen molar-refractivity contribution in [2.45, 2.75) is 50.2 Å². The summed E-state index contributed by atoms with van der Waals surface area (Å²) in [6.07, 6.45) is 5.65. The zero-order chi connectivity index (χ0) is 18.5. The van der Waals surface area contributed by atoms with Gasteiger partial charge in [0.2, 0.25) is 0 Å². The molecule has 0 radical (unpaired) electrons. The number of ether oxygens (including phenoxy) is 2. The summed E-state index contributed by atoms with van der Waals surface area (Å²) < 4.78 is 11.0. The van der Waals surface area contributed by atoms with Crippen LogP contribution in [0, 0.1) is 5.92 Å². The number of fused-ring (bicyclic) bond motifs is 2. The van der Waals surface area contributed by atoms with Crippen LogP contribution in [0.25, 0.3) is 0 Å². The Labute approximate surface area is 150 Å². The standard InChI is InChI=1S/C16H22N4O6/c1-23-16-13(14(21)19(24-2)15(22)20(16)25-3)17-12(18-16)7-5-9-4-6-10-11(8-9)26-10/h9-11H,4-8H2,1-3H3. The Hall–Kier alpha value is -1.88. The van der Waals surface area contributed by atoms with Gasteiger partial charge in [-0.05, 0) is 31.6 Å². The van der Waals surface area contributed by atoms with Gasteiger partial charge in [0.1, 0.15) is 5.84 Å². The number of amides is 3. The van der Waals surface area contributed by atoms with E-state index in [1.165, 1.54) is 21.3 Å². The molecule has 0 aromatic carbocycles. The molecule has 3 amide bonds. The Morgan fingerprint density at radius 2 is 2.00 bits per heavy atom. The Kier molecular flexibility index (Phi) is 4.30. The van der Waals surface area contributed by atoms with E-state index in [0.29, 0.717) is 35.4 Å². The third-order valence-corrected chi connectivity index (χ3v) is 5.38. The van der Waals surface area contributed by atoms with E-state index in [1.54, 1.807) is 0 Å². The fourth-order valence-electron chi connectivity index (χ4n) is 3.96. The van der Waals surface area contributed by atoms with Crippen molar-refractivity contribution in [3.8, 4) is 0 Å². The van der Waals surface area contributed by atoms with Crippen molar-refractivity contribution < 1.29 is 28.7 Å². The van der Waals surface area contributed by atoms with E-state index in [1.807, 2.05) is 0 Å². The molecule has 142 valence electrons. The summed E-state index contributed by atoms with van der Waals surface area (Å²) in [5, 5.41) is 1.43. The molecule has 26 heavy (non-hydrogen) atoms. The number of methoxy groups -OCH3 is 1. The molecular formula is C16H22N4O6. The van der Waals surface area contributed by atoms with Crippen LogP contribution in [0.15, 0.2) is 9.98 Å². The summed E-state index contributed by atoms with van der Waals surface area (Å²) in [5.74, 6) is -1.40. The van der Waals surface area contributed by atoms with Crippen molar-refractivity contribution in [3.05, 3.63) is 0 Å². The summed E-state index contributed by atoms with van der Waals surface area (Å²) in [4.78, 5) is 43.8. The highest BCUT2D eigenvalue weighted by Gasteiger charge is 2.60. The summed E-state index contributed by atoms with van der Waals surface area (Å²) >= 11 is 0. The average molecular weight is 366 g/mol. The van der Waals surface area contributed by atoms with Gasteiger partial charge >= 0.3 is 17.8 Å². The molecule has 3 heterocycles. The highest BCUT2D eigenvalue weighted by atomic mass is 16.8. The Morgan fingerprint density at radius 1 is 1.19 bits per heavy atom. The molecule has 0 bridgehead atoms. The van der Waals surface area contributed by atoms with Crippen LogP contribution < -0.4 is 0 Å². The number of amidine groups is 1. The van der Waals surface area contributed by atoms with Crippen LogP contribution in [0.4, 0.5) is 4.79 Å². The van der Waals surface area contributed by atoms with Gasteiger partial charge in [0.05, 0.1) is 26.4 Å². The number of rotatable bonds is 6. The number of hydroxylamine groups is 4. The fourth-order valence-corrected chi connectivity index (χ4v) is 3.96. The van der Waals surface area contributed by atoms with E-state index >= 15 is 0 Å². The van der Waals surface area contributed by atoms with Gasteiger partial charge in [-0.3, -0.25) is 14.5 Å². The van der Waals surface area contributed by atoms with E-state index in [-0.39, 0.29) is 5.71 Å². The molecule has 1 aliphatic carbocycles. The number of aliphatic imine (C=N–C) groups is 2. The van der Waals surface area contributed by atoms with E-state index in [2.05, 4.69) is 9.98 Å². The predicted octanol–water partition coefficient (Wildman–Crippen LogP) is 0.874. The number of carbonyl (C=O) groups excluding carboxylic acids is 2. The first-order valence-corrected chi connectivity index (χ1v) is 8.69. The maximum Gasteiger partial charge on any atom is 0.380 e. The lowest BCUT2D eigenvalue weighted by molar-refractivity contribution is -0.246. The smallest absolute Gasteiger partial charge is 0.370 e. The first kappa shape index (κ1) is 17.5. The van der Waals surface area contributed by atoms with Crippen LogP contribution in [0.1, 0.15) is 32.1 Å². The van der Waals surface area contributed by atoms with Gasteiger partial charge in [-0.1, -0.05) is 0 Å². The van der Waals surface area contributed by atoms with E-state index in [0.717, 1.165) is 30.7 Å². The van der Waals surface area contributed by atoms with Crippen molar-refractivity contribution in [3.63, 3.8) is 0 Å². The quantitative estimate of drug-likeness (QED) is 0.646. The molecule has 4 atom stereocenters. The number of hydrogen-bond donors (Lipinski definition) is 0. The minimum absolute atomic E-state index is 0.0486. The number of nitrogens with zero attached hydrogens (tertiary/aromatic N) is 4. The number of carbonyl (C=O) groups is 2. The van der Waals surface area contributed by atoms with Gasteiger partial charge in [0.15, 0.2) is 5.71 Å². The molecule has 0 spiro atoms. The molecule has 0 N–H and O–H groups in total. The van der Waals surface area contributed by atoms with Gasteiger partial charge in [-0.25, -0.2) is 14.8 Å². The van der Waals surface area contributed by atoms with Crippen LogP contribution in [-0.4, -0.2) is 73.0 Å². The fraction of sp³-hybridized carbons (Fsp3) is 0.750. The van der Waals surface area contributed by atoms with Gasteiger partial charge in [0.25, 0.3) is 0 Å².